The number of ketones is 4. The topological polar surface area (TPSA) is 68.3 Å². The number of carbonyl (C=O) groups is 4. The molecule has 0 heterocycles. The van der Waals surface area contributed by atoms with Crippen molar-refractivity contribution in [3.8, 4) is 0 Å². The Kier molecular flexibility index (Phi) is 18.1. The van der Waals surface area contributed by atoms with Gasteiger partial charge in [-0.15, -0.1) is 0 Å². The van der Waals surface area contributed by atoms with Gasteiger partial charge < -0.3 is 0 Å². The average molecular weight is 968 g/mol. The molecule has 0 bridgehead atoms. The standard InChI is InChI=1S/C54H42O4.2Pd/c1-41(55)54(48(38-45-26-14-5-15-27-45)51(56)35-32-42-20-8-2-9-21-42,49(39-46-28-16-6-17-29-46)52(57)36-33-43-22-10-3-11-23-43)50(40-47-30-18-7-19-31-47)53(58)37-34-44-24-12-4-13-25-44;;/h2-40H,1H3;;. The van der Waals surface area contributed by atoms with Gasteiger partial charge in [0.15, 0.2) is 17.3 Å². The van der Waals surface area contributed by atoms with Gasteiger partial charge in [0.05, 0.1) is 0 Å². The Labute approximate surface area is 379 Å². The van der Waals surface area contributed by atoms with Crippen LogP contribution in [0, 0.1) is 5.41 Å². The Morgan fingerprint density at radius 3 is 0.733 bits per heavy atom. The molecule has 6 aromatic carbocycles. The van der Waals surface area contributed by atoms with E-state index in [2.05, 4.69) is 0 Å². The molecule has 4 nitrogen and oxygen atoms in total. The van der Waals surface area contributed by atoms with Crippen LogP contribution in [-0.4, -0.2) is 23.1 Å². The molecule has 0 aromatic heterocycles. The van der Waals surface area contributed by atoms with Crippen molar-refractivity contribution in [3.63, 3.8) is 0 Å². The van der Waals surface area contributed by atoms with Crippen LogP contribution in [0.25, 0.3) is 36.5 Å². The molecule has 6 rings (SSSR count). The molecule has 0 amide bonds. The van der Waals surface area contributed by atoms with Crippen LogP contribution in [-0.2, 0) is 60.0 Å². The Bertz CT molecular complexity index is 2260. The number of allylic oxidation sites excluding steroid dienone is 6. The fourth-order valence-corrected chi connectivity index (χ4v) is 6.72. The predicted octanol–water partition coefficient (Wildman–Crippen LogP) is 11.7. The molecule has 302 valence electrons. The maximum atomic E-state index is 15.2. The summed E-state index contributed by atoms with van der Waals surface area (Å²) < 4.78 is 0. The minimum absolute atomic E-state index is 0. The van der Waals surface area contributed by atoms with Crippen molar-refractivity contribution in [2.24, 2.45) is 5.41 Å². The van der Waals surface area contributed by atoms with Crippen LogP contribution in [0.4, 0.5) is 0 Å². The fraction of sp³-hybridized carbons (Fsp3) is 0.0370. The van der Waals surface area contributed by atoms with E-state index >= 15 is 19.2 Å². The molecular weight excluding hydrogens is 925 g/mol. The zero-order valence-electron chi connectivity index (χ0n) is 32.8. The second kappa shape index (κ2) is 23.4. The minimum atomic E-state index is -2.24. The monoisotopic (exact) mass is 966 g/mol. The molecule has 0 atom stereocenters. The van der Waals surface area contributed by atoms with Crippen LogP contribution in [0.3, 0.4) is 0 Å². The van der Waals surface area contributed by atoms with E-state index in [1.54, 1.807) is 36.5 Å². The van der Waals surface area contributed by atoms with E-state index in [-0.39, 0.29) is 57.6 Å². The van der Waals surface area contributed by atoms with Crippen LogP contribution in [0.15, 0.2) is 217 Å². The summed E-state index contributed by atoms with van der Waals surface area (Å²) in [6.07, 6.45) is 14.1. The molecule has 0 saturated carbocycles. The van der Waals surface area contributed by atoms with Gasteiger partial charge in [-0.2, -0.15) is 0 Å². The van der Waals surface area contributed by atoms with Crippen LogP contribution in [0.5, 0.6) is 0 Å². The zero-order chi connectivity index (χ0) is 40.6. The van der Waals surface area contributed by atoms with Gasteiger partial charge in [-0.05, 0) is 76.8 Å². The SMILES string of the molecule is CC(=O)C(C(=Cc1ccccc1)C(=O)C=Cc1ccccc1)(C(=Cc1ccccc1)C(=O)C=Cc1ccccc1)C(=Cc1ccccc1)C(=O)C=Cc1ccccc1.[Pd].[Pd]. The number of carbonyl (C=O) groups excluding carboxylic acids is 4. The second-order valence-electron chi connectivity index (χ2n) is 13.5. The second-order valence-corrected chi connectivity index (χ2v) is 13.5. The molecular formula is C54H42O4Pd2. The van der Waals surface area contributed by atoms with Crippen molar-refractivity contribution < 1.29 is 60.0 Å². The van der Waals surface area contributed by atoms with Gasteiger partial charge >= 0.3 is 0 Å². The summed E-state index contributed by atoms with van der Waals surface area (Å²) in [6, 6.07) is 55.4. The summed E-state index contributed by atoms with van der Waals surface area (Å²) in [7, 11) is 0. The minimum Gasteiger partial charge on any atom is -0.298 e. The number of rotatable bonds is 16. The molecule has 0 radical (unpaired) electrons. The quantitative estimate of drug-likeness (QED) is 0.0716. The van der Waals surface area contributed by atoms with Gasteiger partial charge in [0.1, 0.15) is 11.2 Å². The first-order valence-corrected chi connectivity index (χ1v) is 19.0. The summed E-state index contributed by atoms with van der Waals surface area (Å²) >= 11 is 0. The molecule has 0 fully saturated rings. The van der Waals surface area contributed by atoms with Crippen molar-refractivity contribution in [2.75, 3.05) is 0 Å². The zero-order valence-corrected chi connectivity index (χ0v) is 35.9. The van der Waals surface area contributed by atoms with Crippen LogP contribution >= 0.6 is 0 Å². The van der Waals surface area contributed by atoms with Gasteiger partial charge in [0.25, 0.3) is 0 Å². The van der Waals surface area contributed by atoms with Crippen molar-refractivity contribution in [1.29, 1.82) is 0 Å². The number of hydrogen-bond acceptors (Lipinski definition) is 4. The Balaban J connectivity index is 0.00000397. The molecule has 6 aromatic rings. The molecule has 0 aliphatic carbocycles. The number of Topliss-reactive ketones (excluding diaryl/α,β-unsaturated/α-hetero) is 1. The summed E-state index contributed by atoms with van der Waals surface area (Å²) in [5.41, 5.74) is 1.64. The molecule has 0 aliphatic heterocycles. The van der Waals surface area contributed by atoms with Gasteiger partial charge in [0, 0.05) is 57.6 Å². The van der Waals surface area contributed by atoms with Gasteiger partial charge in [-0.25, -0.2) is 0 Å². The average Bonchev–Trinajstić information content (AvgIpc) is 3.27. The number of benzene rings is 6. The third kappa shape index (κ3) is 12.2. The largest absolute Gasteiger partial charge is 0.298 e. The molecule has 0 N–H and O–H groups in total. The predicted molar refractivity (Wildman–Crippen MR) is 238 cm³/mol. The van der Waals surface area contributed by atoms with Gasteiger partial charge in [-0.1, -0.05) is 200 Å². The Hall–Kier alpha value is -6.24. The molecule has 0 unspecified atom stereocenters. The molecule has 0 aliphatic rings. The maximum absolute atomic E-state index is 15.2. The summed E-state index contributed by atoms with van der Waals surface area (Å²) in [4.78, 5) is 60.8. The van der Waals surface area contributed by atoms with E-state index in [4.69, 9.17) is 0 Å². The van der Waals surface area contributed by atoms with Crippen molar-refractivity contribution in [3.05, 3.63) is 250 Å². The smallest absolute Gasteiger partial charge is 0.183 e. The van der Waals surface area contributed by atoms with Crippen LogP contribution < -0.4 is 0 Å². The summed E-state index contributed by atoms with van der Waals surface area (Å²) in [5.74, 6) is -2.26. The molecule has 6 heteroatoms. The van der Waals surface area contributed by atoms with Gasteiger partial charge in [0.2, 0.25) is 0 Å². The fourth-order valence-electron chi connectivity index (χ4n) is 6.72. The van der Waals surface area contributed by atoms with Crippen molar-refractivity contribution in [1.82, 2.24) is 0 Å². The van der Waals surface area contributed by atoms with E-state index in [0.717, 1.165) is 16.7 Å². The molecule has 60 heavy (non-hydrogen) atoms. The first-order valence-electron chi connectivity index (χ1n) is 19.0. The normalized spacial score (nSPS) is 13.0. The third-order valence-corrected chi connectivity index (χ3v) is 9.55. The van der Waals surface area contributed by atoms with Crippen molar-refractivity contribution in [2.45, 2.75) is 6.92 Å². The van der Waals surface area contributed by atoms with E-state index in [9.17, 15) is 0 Å². The van der Waals surface area contributed by atoms with Crippen LogP contribution in [0.1, 0.15) is 40.3 Å². The van der Waals surface area contributed by atoms with E-state index < -0.39 is 28.5 Å². The summed E-state index contributed by atoms with van der Waals surface area (Å²) in [5, 5.41) is 0. The maximum Gasteiger partial charge on any atom is 0.183 e. The number of hydrogen-bond donors (Lipinski definition) is 0. The van der Waals surface area contributed by atoms with Gasteiger partial charge in [-0.3, -0.25) is 19.2 Å². The first kappa shape index (κ1) is 46.5. The first-order chi connectivity index (χ1) is 28.3. The van der Waals surface area contributed by atoms with Crippen molar-refractivity contribution >= 4 is 59.6 Å². The molecule has 0 saturated heterocycles. The van der Waals surface area contributed by atoms with E-state index in [1.165, 1.54) is 25.2 Å². The van der Waals surface area contributed by atoms with Crippen LogP contribution in [0.2, 0.25) is 0 Å². The summed E-state index contributed by atoms with van der Waals surface area (Å²) in [6.45, 7) is 1.34. The molecule has 0 spiro atoms. The third-order valence-electron chi connectivity index (χ3n) is 9.55. The Morgan fingerprint density at radius 2 is 0.533 bits per heavy atom. The van der Waals surface area contributed by atoms with E-state index in [0.29, 0.717) is 16.7 Å². The van der Waals surface area contributed by atoms with E-state index in [1.807, 2.05) is 182 Å². The Morgan fingerprint density at radius 1 is 0.333 bits per heavy atom.